The van der Waals surface area contributed by atoms with E-state index in [1.165, 1.54) is 17.7 Å². The van der Waals surface area contributed by atoms with Crippen molar-refractivity contribution in [1.82, 2.24) is 44.9 Å². The lowest BCUT2D eigenvalue weighted by molar-refractivity contribution is 0.0932. The van der Waals surface area contributed by atoms with E-state index in [1.54, 1.807) is 29.3 Å². The zero-order valence-corrected chi connectivity index (χ0v) is 21.0. The Morgan fingerprint density at radius 3 is 2.80 bits per heavy atom. The Morgan fingerprint density at radius 1 is 1.26 bits per heavy atom. The number of thiophene rings is 1. The Balaban J connectivity index is 1.64. The monoisotopic (exact) mass is 509 g/mol. The van der Waals surface area contributed by atoms with Crippen LogP contribution in [0.2, 0.25) is 4.34 Å². The SMILES string of the molecule is CCC[C@H](NC(=O)c1cc(-n2nncc2C(C)C)c2ncc(-c3ccc(Cl)s3)n2c1)c1nnc[nH]1. The zero-order chi connectivity index (χ0) is 24.5. The third kappa shape index (κ3) is 4.44. The zero-order valence-electron chi connectivity index (χ0n) is 19.4. The number of aromatic amines is 1. The number of carbonyl (C=O) groups excluding carboxylic acids is 1. The number of H-pyrrole nitrogens is 1. The van der Waals surface area contributed by atoms with E-state index in [0.717, 1.165) is 29.1 Å². The van der Waals surface area contributed by atoms with Crippen molar-refractivity contribution in [2.45, 2.75) is 45.6 Å². The number of aromatic nitrogens is 8. The molecular formula is C23H24ClN9OS. The number of halogens is 1. The average Bonchev–Trinajstić information content (AvgIpc) is 3.64. The maximum Gasteiger partial charge on any atom is 0.253 e. The first-order valence-electron chi connectivity index (χ1n) is 11.3. The van der Waals surface area contributed by atoms with Crippen molar-refractivity contribution in [3.63, 3.8) is 0 Å². The van der Waals surface area contributed by atoms with Crippen molar-refractivity contribution in [1.29, 1.82) is 0 Å². The number of fused-ring (bicyclic) bond motifs is 1. The van der Waals surface area contributed by atoms with Crippen LogP contribution in [0.1, 0.15) is 67.4 Å². The van der Waals surface area contributed by atoms with Gasteiger partial charge in [0, 0.05) is 6.20 Å². The lowest BCUT2D eigenvalue weighted by Crippen LogP contribution is -2.29. The van der Waals surface area contributed by atoms with Gasteiger partial charge in [-0.2, -0.15) is 0 Å². The van der Waals surface area contributed by atoms with E-state index in [2.05, 4.69) is 56.6 Å². The molecule has 180 valence electrons. The molecule has 0 bridgehead atoms. The summed E-state index contributed by atoms with van der Waals surface area (Å²) in [6.07, 6.45) is 8.41. The Morgan fingerprint density at radius 2 is 2.11 bits per heavy atom. The van der Waals surface area contributed by atoms with Gasteiger partial charge in [0.25, 0.3) is 5.91 Å². The van der Waals surface area contributed by atoms with Crippen molar-refractivity contribution < 1.29 is 4.79 Å². The molecule has 5 aromatic rings. The van der Waals surface area contributed by atoms with Gasteiger partial charge in [0.1, 0.15) is 12.0 Å². The standard InChI is InChI=1S/C23H24ClN9OS/c1-4-5-15(21-26-12-28-30-21)29-23(34)14-8-16(33-17(13(2)3)10-27-31-33)22-25-9-18(32(22)11-14)19-6-7-20(24)35-19/h6-13,15H,4-5H2,1-3H3,(H,29,34)(H,26,28,30)/t15-/m0/s1. The molecule has 0 aliphatic carbocycles. The Hall–Kier alpha value is -3.57. The Kier molecular flexibility index (Phi) is 6.35. The summed E-state index contributed by atoms with van der Waals surface area (Å²) < 4.78 is 4.33. The maximum absolute atomic E-state index is 13.5. The fourth-order valence-corrected chi connectivity index (χ4v) is 5.05. The van der Waals surface area contributed by atoms with Crippen LogP contribution in [0, 0.1) is 0 Å². The molecule has 5 heterocycles. The first kappa shape index (κ1) is 23.2. The quantitative estimate of drug-likeness (QED) is 0.310. The summed E-state index contributed by atoms with van der Waals surface area (Å²) in [7, 11) is 0. The molecule has 35 heavy (non-hydrogen) atoms. The highest BCUT2D eigenvalue weighted by Crippen LogP contribution is 2.33. The van der Waals surface area contributed by atoms with Gasteiger partial charge in [-0.25, -0.2) is 9.67 Å². The van der Waals surface area contributed by atoms with Crippen molar-refractivity contribution in [2.75, 3.05) is 0 Å². The number of hydrogen-bond donors (Lipinski definition) is 2. The Bertz CT molecular complexity index is 1470. The number of rotatable bonds is 8. The fourth-order valence-electron chi connectivity index (χ4n) is 4.00. The van der Waals surface area contributed by atoms with Crippen LogP contribution in [0.25, 0.3) is 21.9 Å². The second kappa shape index (κ2) is 9.59. The third-order valence-electron chi connectivity index (χ3n) is 5.72. The minimum Gasteiger partial charge on any atom is -0.342 e. The molecular weight excluding hydrogens is 486 g/mol. The van der Waals surface area contributed by atoms with Crippen molar-refractivity contribution >= 4 is 34.5 Å². The summed E-state index contributed by atoms with van der Waals surface area (Å²) in [6, 6.07) is 5.30. The van der Waals surface area contributed by atoms with Crippen LogP contribution in [0.15, 0.2) is 43.1 Å². The van der Waals surface area contributed by atoms with Gasteiger partial charge in [-0.3, -0.25) is 9.20 Å². The van der Waals surface area contributed by atoms with Crippen LogP contribution in [0.3, 0.4) is 0 Å². The van der Waals surface area contributed by atoms with E-state index >= 15 is 0 Å². The molecule has 0 aromatic carbocycles. The van der Waals surface area contributed by atoms with Gasteiger partial charge in [0.15, 0.2) is 11.5 Å². The highest BCUT2D eigenvalue weighted by Gasteiger charge is 2.22. The topological polar surface area (TPSA) is 119 Å². The second-order valence-corrected chi connectivity index (χ2v) is 10.2. The number of nitrogens with zero attached hydrogens (tertiary/aromatic N) is 7. The number of carbonyl (C=O) groups is 1. The molecule has 2 N–H and O–H groups in total. The first-order valence-corrected chi connectivity index (χ1v) is 12.5. The van der Waals surface area contributed by atoms with Crippen LogP contribution in [0.4, 0.5) is 0 Å². The number of hydrogen-bond acceptors (Lipinski definition) is 7. The van der Waals surface area contributed by atoms with Gasteiger partial charge < -0.3 is 10.3 Å². The van der Waals surface area contributed by atoms with E-state index < -0.39 is 0 Å². The highest BCUT2D eigenvalue weighted by atomic mass is 35.5. The fraction of sp³-hybridized carbons (Fsp3) is 0.304. The van der Waals surface area contributed by atoms with Gasteiger partial charge in [0.05, 0.1) is 44.6 Å². The van der Waals surface area contributed by atoms with Crippen molar-refractivity contribution in [3.8, 4) is 16.3 Å². The predicted molar refractivity (Wildman–Crippen MR) is 134 cm³/mol. The van der Waals surface area contributed by atoms with Crippen LogP contribution in [0.5, 0.6) is 0 Å². The maximum atomic E-state index is 13.5. The minimum absolute atomic E-state index is 0.174. The first-order chi connectivity index (χ1) is 17.0. The smallest absolute Gasteiger partial charge is 0.253 e. The summed E-state index contributed by atoms with van der Waals surface area (Å²) >= 11 is 7.65. The molecule has 10 nitrogen and oxygen atoms in total. The minimum atomic E-state index is -0.287. The van der Waals surface area contributed by atoms with Crippen LogP contribution in [-0.4, -0.2) is 45.5 Å². The average molecular weight is 510 g/mol. The molecule has 1 amide bonds. The van der Waals surface area contributed by atoms with Crippen molar-refractivity contribution in [2.24, 2.45) is 0 Å². The predicted octanol–water partition coefficient (Wildman–Crippen LogP) is 4.81. The molecule has 0 aliphatic heterocycles. The lowest BCUT2D eigenvalue weighted by Gasteiger charge is -2.17. The molecule has 0 radical (unpaired) electrons. The molecule has 12 heteroatoms. The molecule has 5 aromatic heterocycles. The number of pyridine rings is 1. The van der Waals surface area contributed by atoms with Crippen molar-refractivity contribution in [3.05, 3.63) is 64.5 Å². The molecule has 5 rings (SSSR count). The summed E-state index contributed by atoms with van der Waals surface area (Å²) in [4.78, 5) is 22.1. The molecule has 0 unspecified atom stereocenters. The van der Waals surface area contributed by atoms with Gasteiger partial charge in [-0.15, -0.1) is 26.6 Å². The second-order valence-electron chi connectivity index (χ2n) is 8.47. The Labute approximate surface area is 210 Å². The molecule has 0 saturated carbocycles. The summed E-state index contributed by atoms with van der Waals surface area (Å²) in [5, 5.41) is 19.5. The lowest BCUT2D eigenvalue weighted by atomic mass is 10.1. The van der Waals surface area contributed by atoms with Gasteiger partial charge in [-0.05, 0) is 30.5 Å². The third-order valence-corrected chi connectivity index (χ3v) is 6.97. The van der Waals surface area contributed by atoms with Crippen LogP contribution < -0.4 is 5.32 Å². The molecule has 1 atom stereocenters. The van der Waals surface area contributed by atoms with Gasteiger partial charge >= 0.3 is 0 Å². The van der Waals surface area contributed by atoms with E-state index in [-0.39, 0.29) is 17.9 Å². The molecule has 0 aliphatic rings. The molecule has 0 saturated heterocycles. The van der Waals surface area contributed by atoms with E-state index in [1.807, 2.05) is 16.5 Å². The normalized spacial score (nSPS) is 12.5. The summed E-state index contributed by atoms with van der Waals surface area (Å²) in [6.45, 7) is 6.20. The van der Waals surface area contributed by atoms with Gasteiger partial charge in [0.2, 0.25) is 0 Å². The molecule has 0 spiro atoms. The van der Waals surface area contributed by atoms with Crippen LogP contribution >= 0.6 is 22.9 Å². The van der Waals surface area contributed by atoms with Gasteiger partial charge in [-0.1, -0.05) is 44.0 Å². The highest BCUT2D eigenvalue weighted by molar-refractivity contribution is 7.19. The summed E-state index contributed by atoms with van der Waals surface area (Å²) in [5.74, 6) is 0.558. The largest absolute Gasteiger partial charge is 0.342 e. The van der Waals surface area contributed by atoms with E-state index in [4.69, 9.17) is 11.6 Å². The molecule has 0 fully saturated rings. The number of imidazole rings is 1. The number of amides is 1. The van der Waals surface area contributed by atoms with E-state index in [9.17, 15) is 4.79 Å². The summed E-state index contributed by atoms with van der Waals surface area (Å²) in [5.41, 5.74) is 3.53. The number of nitrogens with one attached hydrogen (secondary N) is 2. The van der Waals surface area contributed by atoms with Crippen LogP contribution in [-0.2, 0) is 0 Å². The van der Waals surface area contributed by atoms with E-state index in [0.29, 0.717) is 27.1 Å².